The SMILES string of the molecule is Cc1ccc(OCC(=O)Nc2cccc(NC(=O)c3ccccc3C)c2)c(C)c1. The average molecular weight is 388 g/mol. The molecule has 0 fully saturated rings. The van der Waals surface area contributed by atoms with Crippen molar-refractivity contribution < 1.29 is 14.3 Å². The Hall–Kier alpha value is -3.60. The van der Waals surface area contributed by atoms with Crippen LogP contribution in [0.1, 0.15) is 27.0 Å². The molecule has 5 nitrogen and oxygen atoms in total. The van der Waals surface area contributed by atoms with E-state index < -0.39 is 0 Å². The van der Waals surface area contributed by atoms with E-state index in [2.05, 4.69) is 10.6 Å². The van der Waals surface area contributed by atoms with Crippen molar-refractivity contribution in [2.24, 2.45) is 0 Å². The summed E-state index contributed by atoms with van der Waals surface area (Å²) in [5, 5.41) is 5.65. The van der Waals surface area contributed by atoms with E-state index in [4.69, 9.17) is 4.74 Å². The van der Waals surface area contributed by atoms with Crippen molar-refractivity contribution in [1.82, 2.24) is 0 Å². The zero-order valence-electron chi connectivity index (χ0n) is 16.8. The third-order valence-electron chi connectivity index (χ3n) is 4.48. The van der Waals surface area contributed by atoms with Crippen LogP contribution in [-0.4, -0.2) is 18.4 Å². The van der Waals surface area contributed by atoms with Gasteiger partial charge >= 0.3 is 0 Å². The number of aryl methyl sites for hydroxylation is 3. The highest BCUT2D eigenvalue weighted by Crippen LogP contribution is 2.20. The number of rotatable bonds is 6. The van der Waals surface area contributed by atoms with Crippen molar-refractivity contribution in [1.29, 1.82) is 0 Å². The summed E-state index contributed by atoms with van der Waals surface area (Å²) in [6, 6.07) is 20.2. The number of amides is 2. The fraction of sp³-hybridized carbons (Fsp3) is 0.167. The van der Waals surface area contributed by atoms with Crippen LogP contribution in [-0.2, 0) is 4.79 Å². The maximum Gasteiger partial charge on any atom is 0.262 e. The van der Waals surface area contributed by atoms with E-state index in [-0.39, 0.29) is 18.4 Å². The van der Waals surface area contributed by atoms with Crippen LogP contribution >= 0.6 is 0 Å². The molecule has 0 saturated carbocycles. The van der Waals surface area contributed by atoms with Gasteiger partial charge in [0.1, 0.15) is 5.75 Å². The fourth-order valence-corrected chi connectivity index (χ4v) is 3.00. The lowest BCUT2D eigenvalue weighted by molar-refractivity contribution is -0.118. The van der Waals surface area contributed by atoms with Gasteiger partial charge in [0.2, 0.25) is 0 Å². The second-order valence-electron chi connectivity index (χ2n) is 6.96. The molecule has 0 aliphatic rings. The van der Waals surface area contributed by atoms with Crippen molar-refractivity contribution in [3.8, 4) is 5.75 Å². The molecule has 0 aliphatic heterocycles. The quantitative estimate of drug-likeness (QED) is 0.632. The van der Waals surface area contributed by atoms with Gasteiger partial charge < -0.3 is 15.4 Å². The number of carbonyl (C=O) groups excluding carboxylic acids is 2. The first-order valence-electron chi connectivity index (χ1n) is 9.39. The summed E-state index contributed by atoms with van der Waals surface area (Å²) in [5.74, 6) is 0.224. The zero-order chi connectivity index (χ0) is 20.8. The van der Waals surface area contributed by atoms with E-state index in [1.807, 2.05) is 57.2 Å². The largest absolute Gasteiger partial charge is 0.483 e. The smallest absolute Gasteiger partial charge is 0.262 e. The minimum absolute atomic E-state index is 0.0936. The molecule has 0 aromatic heterocycles. The Morgan fingerprint density at radius 2 is 1.52 bits per heavy atom. The maximum absolute atomic E-state index is 12.5. The second-order valence-corrected chi connectivity index (χ2v) is 6.96. The lowest BCUT2D eigenvalue weighted by Crippen LogP contribution is -2.20. The molecule has 2 amide bonds. The molecule has 29 heavy (non-hydrogen) atoms. The molecule has 0 spiro atoms. The van der Waals surface area contributed by atoms with Gasteiger partial charge in [0.05, 0.1) is 0 Å². The van der Waals surface area contributed by atoms with Crippen LogP contribution in [0.15, 0.2) is 66.7 Å². The molecule has 3 aromatic rings. The summed E-state index contributed by atoms with van der Waals surface area (Å²) >= 11 is 0. The molecular weight excluding hydrogens is 364 g/mol. The minimum atomic E-state index is -0.271. The van der Waals surface area contributed by atoms with Crippen LogP contribution in [0.2, 0.25) is 0 Å². The number of hydrogen-bond donors (Lipinski definition) is 2. The minimum Gasteiger partial charge on any atom is -0.483 e. The lowest BCUT2D eigenvalue weighted by Gasteiger charge is -2.11. The Balaban J connectivity index is 1.60. The Labute approximate surface area is 170 Å². The molecule has 3 rings (SSSR count). The van der Waals surface area contributed by atoms with E-state index in [1.54, 1.807) is 30.3 Å². The van der Waals surface area contributed by atoms with Crippen LogP contribution in [0.3, 0.4) is 0 Å². The monoisotopic (exact) mass is 388 g/mol. The topological polar surface area (TPSA) is 67.4 Å². The molecule has 2 N–H and O–H groups in total. The zero-order valence-corrected chi connectivity index (χ0v) is 16.8. The van der Waals surface area contributed by atoms with Gasteiger partial charge in [-0.05, 0) is 62.2 Å². The maximum atomic E-state index is 12.5. The average Bonchev–Trinajstić information content (AvgIpc) is 2.68. The number of benzene rings is 3. The van der Waals surface area contributed by atoms with Crippen LogP contribution in [0.4, 0.5) is 11.4 Å². The van der Waals surface area contributed by atoms with Crippen LogP contribution in [0.5, 0.6) is 5.75 Å². The summed E-state index contributed by atoms with van der Waals surface area (Å²) in [6.45, 7) is 5.75. The molecule has 0 unspecified atom stereocenters. The standard InChI is InChI=1S/C24H24N2O3/c1-16-11-12-22(18(3)13-16)29-15-23(27)25-19-8-6-9-20(14-19)26-24(28)21-10-5-4-7-17(21)2/h4-14H,15H2,1-3H3,(H,25,27)(H,26,28). The van der Waals surface area contributed by atoms with E-state index in [1.165, 1.54) is 0 Å². The molecule has 0 bridgehead atoms. The Kier molecular flexibility index (Phi) is 6.29. The van der Waals surface area contributed by atoms with Gasteiger partial charge in [-0.2, -0.15) is 0 Å². The Bertz CT molecular complexity index is 1040. The van der Waals surface area contributed by atoms with Crippen molar-refractivity contribution in [3.05, 3.63) is 89.0 Å². The van der Waals surface area contributed by atoms with Gasteiger partial charge in [-0.15, -0.1) is 0 Å². The van der Waals surface area contributed by atoms with Crippen LogP contribution in [0.25, 0.3) is 0 Å². The summed E-state index contributed by atoms with van der Waals surface area (Å²) in [4.78, 5) is 24.7. The number of hydrogen-bond acceptors (Lipinski definition) is 3. The molecule has 0 heterocycles. The number of ether oxygens (including phenoxy) is 1. The molecule has 3 aromatic carbocycles. The Morgan fingerprint density at radius 3 is 2.24 bits per heavy atom. The van der Waals surface area contributed by atoms with Crippen LogP contribution < -0.4 is 15.4 Å². The van der Waals surface area contributed by atoms with Gasteiger partial charge in [-0.3, -0.25) is 9.59 Å². The van der Waals surface area contributed by atoms with Gasteiger partial charge in [0.25, 0.3) is 11.8 Å². The highest BCUT2D eigenvalue weighted by atomic mass is 16.5. The fourth-order valence-electron chi connectivity index (χ4n) is 3.00. The summed E-state index contributed by atoms with van der Waals surface area (Å²) in [5.41, 5.74) is 4.83. The molecule has 0 aliphatic carbocycles. The molecule has 148 valence electrons. The van der Waals surface area contributed by atoms with E-state index >= 15 is 0 Å². The van der Waals surface area contributed by atoms with Crippen molar-refractivity contribution in [2.75, 3.05) is 17.2 Å². The van der Waals surface area contributed by atoms with Gasteiger partial charge in [0.15, 0.2) is 6.61 Å². The number of carbonyl (C=O) groups is 2. The summed E-state index contributed by atoms with van der Waals surface area (Å²) in [7, 11) is 0. The molecular formula is C24H24N2O3. The van der Waals surface area contributed by atoms with Gasteiger partial charge in [-0.25, -0.2) is 0 Å². The van der Waals surface area contributed by atoms with E-state index in [9.17, 15) is 9.59 Å². The number of nitrogens with one attached hydrogen (secondary N) is 2. The summed E-state index contributed by atoms with van der Waals surface area (Å²) in [6.07, 6.45) is 0. The Morgan fingerprint density at radius 1 is 0.793 bits per heavy atom. The molecule has 0 radical (unpaired) electrons. The van der Waals surface area contributed by atoms with Crippen LogP contribution in [0, 0.1) is 20.8 Å². The first-order chi connectivity index (χ1) is 13.9. The number of anilines is 2. The predicted octanol–water partition coefficient (Wildman–Crippen LogP) is 4.88. The highest BCUT2D eigenvalue weighted by Gasteiger charge is 2.10. The lowest BCUT2D eigenvalue weighted by atomic mass is 10.1. The van der Waals surface area contributed by atoms with Crippen molar-refractivity contribution >= 4 is 23.2 Å². The van der Waals surface area contributed by atoms with Gasteiger partial charge in [-0.1, -0.05) is 42.0 Å². The van der Waals surface area contributed by atoms with Crippen molar-refractivity contribution in [2.45, 2.75) is 20.8 Å². The van der Waals surface area contributed by atoms with Gasteiger partial charge in [0, 0.05) is 16.9 Å². The first kappa shape index (κ1) is 20.1. The third-order valence-corrected chi connectivity index (χ3v) is 4.48. The normalized spacial score (nSPS) is 10.3. The van der Waals surface area contributed by atoms with E-state index in [0.29, 0.717) is 22.7 Å². The molecule has 0 atom stereocenters. The summed E-state index contributed by atoms with van der Waals surface area (Å²) < 4.78 is 5.61. The van der Waals surface area contributed by atoms with E-state index in [0.717, 1.165) is 16.7 Å². The van der Waals surface area contributed by atoms with Crippen molar-refractivity contribution in [3.63, 3.8) is 0 Å². The molecule has 0 saturated heterocycles. The highest BCUT2D eigenvalue weighted by molar-refractivity contribution is 6.05. The predicted molar refractivity (Wildman–Crippen MR) is 116 cm³/mol. The third kappa shape index (κ3) is 5.45. The first-order valence-corrected chi connectivity index (χ1v) is 9.39. The molecule has 5 heteroatoms. The second kappa shape index (κ2) is 9.06.